The number of carbonyl (C=O) groups excluding carboxylic acids is 2. The maximum atomic E-state index is 12.4. The van der Waals surface area contributed by atoms with Gasteiger partial charge in [-0.25, -0.2) is 0 Å². The van der Waals surface area contributed by atoms with Gasteiger partial charge < -0.3 is 15.5 Å². The largest absolute Gasteiger partial charge is 0.376 e. The molecule has 1 aromatic carbocycles. The van der Waals surface area contributed by atoms with Gasteiger partial charge in [0.2, 0.25) is 5.91 Å². The van der Waals surface area contributed by atoms with Crippen molar-refractivity contribution in [3.8, 4) is 0 Å². The van der Waals surface area contributed by atoms with Crippen molar-refractivity contribution in [1.82, 2.24) is 10.2 Å². The van der Waals surface area contributed by atoms with Gasteiger partial charge >= 0.3 is 0 Å². The predicted molar refractivity (Wildman–Crippen MR) is 92.6 cm³/mol. The highest BCUT2D eigenvalue weighted by atomic mass is 16.2. The molecule has 0 atom stereocenters. The summed E-state index contributed by atoms with van der Waals surface area (Å²) in [5.74, 6) is 0.0977. The van der Waals surface area contributed by atoms with Gasteiger partial charge in [0.05, 0.1) is 6.54 Å². The molecule has 1 aliphatic heterocycles. The molecule has 5 nitrogen and oxygen atoms in total. The van der Waals surface area contributed by atoms with E-state index in [0.29, 0.717) is 5.56 Å². The third-order valence-electron chi connectivity index (χ3n) is 4.08. The van der Waals surface area contributed by atoms with E-state index in [2.05, 4.69) is 17.6 Å². The molecule has 5 heteroatoms. The molecular formula is C18H27N3O2. The molecule has 1 fully saturated rings. The lowest BCUT2D eigenvalue weighted by Gasteiger charge is -2.26. The Balaban J connectivity index is 1.79. The van der Waals surface area contributed by atoms with E-state index in [0.717, 1.165) is 51.0 Å². The van der Waals surface area contributed by atoms with Gasteiger partial charge in [-0.3, -0.25) is 9.59 Å². The van der Waals surface area contributed by atoms with Crippen molar-refractivity contribution >= 4 is 17.5 Å². The van der Waals surface area contributed by atoms with Gasteiger partial charge in [0.15, 0.2) is 0 Å². The van der Waals surface area contributed by atoms with Gasteiger partial charge in [-0.15, -0.1) is 0 Å². The first-order valence-corrected chi connectivity index (χ1v) is 8.60. The summed E-state index contributed by atoms with van der Waals surface area (Å²) in [4.78, 5) is 25.9. The lowest BCUT2D eigenvalue weighted by Crippen LogP contribution is -2.35. The minimum Gasteiger partial charge on any atom is -0.376 e. The number of nitrogens with zero attached hydrogens (tertiary/aromatic N) is 1. The van der Waals surface area contributed by atoms with E-state index in [1.54, 1.807) is 0 Å². The summed E-state index contributed by atoms with van der Waals surface area (Å²) in [6, 6.07) is 7.37. The van der Waals surface area contributed by atoms with Crippen LogP contribution in [0.2, 0.25) is 0 Å². The van der Waals surface area contributed by atoms with Gasteiger partial charge in [0.25, 0.3) is 5.91 Å². The second-order valence-corrected chi connectivity index (χ2v) is 5.99. The number of carbonyl (C=O) groups is 2. The van der Waals surface area contributed by atoms with E-state index < -0.39 is 0 Å². The molecule has 2 rings (SSSR count). The number of benzene rings is 1. The molecule has 0 bridgehead atoms. The molecule has 23 heavy (non-hydrogen) atoms. The number of anilines is 1. The van der Waals surface area contributed by atoms with Crippen LogP contribution in [0.25, 0.3) is 0 Å². The predicted octanol–water partition coefficient (Wildman–Crippen LogP) is 2.64. The van der Waals surface area contributed by atoms with E-state index in [9.17, 15) is 9.59 Å². The second-order valence-electron chi connectivity index (χ2n) is 5.99. The fourth-order valence-electron chi connectivity index (χ4n) is 2.66. The van der Waals surface area contributed by atoms with Crippen molar-refractivity contribution in [1.29, 1.82) is 0 Å². The zero-order valence-electron chi connectivity index (χ0n) is 13.9. The maximum Gasteiger partial charge on any atom is 0.253 e. The summed E-state index contributed by atoms with van der Waals surface area (Å²) < 4.78 is 0. The summed E-state index contributed by atoms with van der Waals surface area (Å²) in [7, 11) is 0. The molecule has 1 aliphatic rings. The number of hydrogen-bond acceptors (Lipinski definition) is 3. The molecule has 1 heterocycles. The number of hydrogen-bond donors (Lipinski definition) is 2. The van der Waals surface area contributed by atoms with Crippen LogP contribution in [0.4, 0.5) is 5.69 Å². The van der Waals surface area contributed by atoms with Crippen LogP contribution in [-0.4, -0.2) is 42.9 Å². The van der Waals surface area contributed by atoms with Crippen molar-refractivity contribution in [3.05, 3.63) is 29.8 Å². The maximum absolute atomic E-state index is 12.4. The minimum atomic E-state index is -0.00748. The standard InChI is InChI=1S/C18H27N3O2/c1-2-3-11-19-17(22)14-20-16-9-7-15(8-10-16)18(23)21-12-5-4-6-13-21/h7-10,20H,2-6,11-14H2,1H3,(H,19,22). The first-order valence-electron chi connectivity index (χ1n) is 8.60. The molecule has 1 aromatic rings. The Hall–Kier alpha value is -2.04. The monoisotopic (exact) mass is 317 g/mol. The molecule has 0 aliphatic carbocycles. The van der Waals surface area contributed by atoms with Gasteiger partial charge in [-0.05, 0) is 49.9 Å². The van der Waals surface area contributed by atoms with Gasteiger partial charge in [0, 0.05) is 30.9 Å². The lowest BCUT2D eigenvalue weighted by atomic mass is 10.1. The van der Waals surface area contributed by atoms with Crippen molar-refractivity contribution in [3.63, 3.8) is 0 Å². The fraction of sp³-hybridized carbons (Fsp3) is 0.556. The summed E-state index contributed by atoms with van der Waals surface area (Å²) in [6.45, 7) is 4.79. The second kappa shape index (κ2) is 9.18. The van der Waals surface area contributed by atoms with Gasteiger partial charge in [0.1, 0.15) is 0 Å². The van der Waals surface area contributed by atoms with E-state index in [1.165, 1.54) is 6.42 Å². The van der Waals surface area contributed by atoms with Crippen molar-refractivity contribution < 1.29 is 9.59 Å². The highest BCUT2D eigenvalue weighted by molar-refractivity contribution is 5.94. The van der Waals surface area contributed by atoms with Crippen LogP contribution in [0.1, 0.15) is 49.4 Å². The summed E-state index contributed by atoms with van der Waals surface area (Å²) >= 11 is 0. The SMILES string of the molecule is CCCCNC(=O)CNc1ccc(C(=O)N2CCCCC2)cc1. The van der Waals surface area contributed by atoms with Crippen molar-refractivity contribution in [2.24, 2.45) is 0 Å². The Morgan fingerprint density at radius 2 is 1.78 bits per heavy atom. The Labute approximate surface area is 138 Å². The number of likely N-dealkylation sites (tertiary alicyclic amines) is 1. The van der Waals surface area contributed by atoms with E-state index >= 15 is 0 Å². The van der Waals surface area contributed by atoms with Crippen LogP contribution in [0.3, 0.4) is 0 Å². The molecule has 0 aromatic heterocycles. The van der Waals surface area contributed by atoms with E-state index in [4.69, 9.17) is 0 Å². The van der Waals surface area contributed by atoms with E-state index in [-0.39, 0.29) is 18.4 Å². The average molecular weight is 317 g/mol. The molecule has 126 valence electrons. The van der Waals surface area contributed by atoms with Gasteiger partial charge in [-0.2, -0.15) is 0 Å². The smallest absolute Gasteiger partial charge is 0.253 e. The minimum absolute atomic E-state index is 0.00748. The molecule has 2 amide bonds. The first-order chi connectivity index (χ1) is 11.2. The van der Waals surface area contributed by atoms with Crippen LogP contribution in [-0.2, 0) is 4.79 Å². The highest BCUT2D eigenvalue weighted by Gasteiger charge is 2.17. The molecule has 0 unspecified atom stereocenters. The Kier molecular flexibility index (Phi) is 6.91. The number of nitrogens with one attached hydrogen (secondary N) is 2. The lowest BCUT2D eigenvalue weighted by molar-refractivity contribution is -0.119. The average Bonchev–Trinajstić information content (AvgIpc) is 2.61. The Bertz CT molecular complexity index is 508. The van der Waals surface area contributed by atoms with Crippen molar-refractivity contribution in [2.45, 2.75) is 39.0 Å². The summed E-state index contributed by atoms with van der Waals surface area (Å²) in [6.07, 6.45) is 5.48. The Morgan fingerprint density at radius 1 is 1.09 bits per heavy atom. The zero-order valence-corrected chi connectivity index (χ0v) is 13.9. The van der Waals surface area contributed by atoms with E-state index in [1.807, 2.05) is 29.2 Å². The van der Waals surface area contributed by atoms with Gasteiger partial charge in [-0.1, -0.05) is 13.3 Å². The fourth-order valence-corrected chi connectivity index (χ4v) is 2.66. The molecule has 0 radical (unpaired) electrons. The number of amides is 2. The zero-order chi connectivity index (χ0) is 16.5. The molecule has 0 spiro atoms. The summed E-state index contributed by atoms with van der Waals surface area (Å²) in [5.41, 5.74) is 1.57. The Morgan fingerprint density at radius 3 is 2.43 bits per heavy atom. The van der Waals surface area contributed by atoms with Crippen LogP contribution in [0.15, 0.2) is 24.3 Å². The molecule has 0 saturated carbocycles. The third kappa shape index (κ3) is 5.58. The summed E-state index contributed by atoms with van der Waals surface area (Å²) in [5, 5.41) is 5.94. The molecule has 1 saturated heterocycles. The van der Waals surface area contributed by atoms with Crippen LogP contribution < -0.4 is 10.6 Å². The molecular weight excluding hydrogens is 290 g/mol. The third-order valence-corrected chi connectivity index (χ3v) is 4.08. The number of unbranched alkanes of at least 4 members (excludes halogenated alkanes) is 1. The number of rotatable bonds is 7. The first kappa shape index (κ1) is 17.3. The number of piperidine rings is 1. The topological polar surface area (TPSA) is 61.4 Å². The van der Waals surface area contributed by atoms with Crippen molar-refractivity contribution in [2.75, 3.05) is 31.5 Å². The van der Waals surface area contributed by atoms with Crippen LogP contribution >= 0.6 is 0 Å². The normalized spacial score (nSPS) is 14.4. The highest BCUT2D eigenvalue weighted by Crippen LogP contribution is 2.15. The van der Waals surface area contributed by atoms with Crippen LogP contribution in [0.5, 0.6) is 0 Å². The quantitative estimate of drug-likeness (QED) is 0.760. The van der Waals surface area contributed by atoms with Crippen LogP contribution in [0, 0.1) is 0 Å². The molecule has 2 N–H and O–H groups in total.